The quantitative estimate of drug-likeness (QED) is 0.603. The molecule has 4 nitrogen and oxygen atoms in total. The van der Waals surface area contributed by atoms with Gasteiger partial charge in [0.15, 0.2) is 11.5 Å². The number of aromatic nitrogens is 1. The molecule has 0 saturated carbocycles. The van der Waals surface area contributed by atoms with Crippen LogP contribution in [0.3, 0.4) is 0 Å². The first-order valence-electron chi connectivity index (χ1n) is 5.91. The highest BCUT2D eigenvalue weighted by Crippen LogP contribution is 2.25. The Labute approximate surface area is 106 Å². The zero-order valence-electron chi connectivity index (χ0n) is 11.1. The van der Waals surface area contributed by atoms with E-state index in [1.807, 2.05) is 0 Å². The number of benzene rings is 1. The Morgan fingerprint density at radius 3 is 2.72 bits per heavy atom. The lowest BCUT2D eigenvalue weighted by atomic mass is 9.92. The SMILES string of the molecule is CC(=O)Oc1ccc2oc(CC(C)(C)C)nc2c1. The van der Waals surface area contributed by atoms with Crippen molar-refractivity contribution in [1.82, 2.24) is 4.98 Å². The van der Waals surface area contributed by atoms with Crippen LogP contribution in [0, 0.1) is 5.41 Å². The van der Waals surface area contributed by atoms with E-state index in [1.165, 1.54) is 6.92 Å². The second kappa shape index (κ2) is 4.44. The summed E-state index contributed by atoms with van der Waals surface area (Å²) in [5.74, 6) is 0.857. The molecule has 0 aliphatic rings. The van der Waals surface area contributed by atoms with E-state index in [9.17, 15) is 4.79 Å². The molecular weight excluding hydrogens is 230 g/mol. The van der Waals surface area contributed by atoms with Crippen molar-refractivity contribution in [2.75, 3.05) is 0 Å². The largest absolute Gasteiger partial charge is 0.441 e. The van der Waals surface area contributed by atoms with E-state index < -0.39 is 0 Å². The van der Waals surface area contributed by atoms with Crippen LogP contribution in [0.2, 0.25) is 0 Å². The highest BCUT2D eigenvalue weighted by Gasteiger charge is 2.16. The average molecular weight is 247 g/mol. The fourth-order valence-electron chi connectivity index (χ4n) is 1.71. The number of oxazole rings is 1. The minimum absolute atomic E-state index is 0.125. The minimum atomic E-state index is -0.340. The highest BCUT2D eigenvalue weighted by atomic mass is 16.5. The molecule has 0 amide bonds. The van der Waals surface area contributed by atoms with Crippen molar-refractivity contribution in [2.45, 2.75) is 34.1 Å². The lowest BCUT2D eigenvalue weighted by Gasteiger charge is -2.14. The molecule has 0 saturated heterocycles. The van der Waals surface area contributed by atoms with Crippen molar-refractivity contribution in [1.29, 1.82) is 0 Å². The third-order valence-electron chi connectivity index (χ3n) is 2.35. The van der Waals surface area contributed by atoms with E-state index in [4.69, 9.17) is 9.15 Å². The zero-order chi connectivity index (χ0) is 13.3. The van der Waals surface area contributed by atoms with E-state index in [-0.39, 0.29) is 11.4 Å². The molecule has 96 valence electrons. The number of rotatable bonds is 2. The van der Waals surface area contributed by atoms with Crippen LogP contribution in [0.1, 0.15) is 33.6 Å². The third-order valence-corrected chi connectivity index (χ3v) is 2.35. The van der Waals surface area contributed by atoms with E-state index in [0.717, 1.165) is 6.42 Å². The summed E-state index contributed by atoms with van der Waals surface area (Å²) in [6.45, 7) is 7.77. The lowest BCUT2D eigenvalue weighted by molar-refractivity contribution is -0.131. The van der Waals surface area contributed by atoms with Gasteiger partial charge in [0.1, 0.15) is 11.3 Å². The molecule has 0 N–H and O–H groups in total. The number of carbonyl (C=O) groups is 1. The number of hydrogen-bond donors (Lipinski definition) is 0. The van der Waals surface area contributed by atoms with Crippen LogP contribution < -0.4 is 4.74 Å². The Bertz CT molecular complexity index is 578. The standard InChI is InChI=1S/C14H17NO3/c1-9(16)17-10-5-6-12-11(7-10)15-13(18-12)8-14(2,3)4/h5-7H,8H2,1-4H3. The second-order valence-corrected chi connectivity index (χ2v) is 5.57. The van der Waals surface area contributed by atoms with Gasteiger partial charge in [-0.15, -0.1) is 0 Å². The average Bonchev–Trinajstić information content (AvgIpc) is 2.54. The Morgan fingerprint density at radius 1 is 1.39 bits per heavy atom. The Hall–Kier alpha value is -1.84. The maximum Gasteiger partial charge on any atom is 0.308 e. The molecule has 2 aromatic rings. The fraction of sp³-hybridized carbons (Fsp3) is 0.429. The molecule has 4 heteroatoms. The maximum atomic E-state index is 10.9. The number of hydrogen-bond acceptors (Lipinski definition) is 4. The number of carbonyl (C=O) groups excluding carboxylic acids is 1. The number of ether oxygens (including phenoxy) is 1. The van der Waals surface area contributed by atoms with Gasteiger partial charge < -0.3 is 9.15 Å². The summed E-state index contributed by atoms with van der Waals surface area (Å²) in [5.41, 5.74) is 1.55. The van der Waals surface area contributed by atoms with Crippen molar-refractivity contribution in [3.8, 4) is 5.75 Å². The molecule has 2 rings (SSSR count). The van der Waals surface area contributed by atoms with E-state index >= 15 is 0 Å². The van der Waals surface area contributed by atoms with Crippen LogP contribution in [0.25, 0.3) is 11.1 Å². The van der Waals surface area contributed by atoms with Gasteiger partial charge in [0.25, 0.3) is 0 Å². The van der Waals surface area contributed by atoms with Crippen molar-refractivity contribution in [2.24, 2.45) is 5.41 Å². The van der Waals surface area contributed by atoms with Crippen LogP contribution >= 0.6 is 0 Å². The van der Waals surface area contributed by atoms with Gasteiger partial charge in [-0.2, -0.15) is 0 Å². The summed E-state index contributed by atoms with van der Waals surface area (Å²) in [7, 11) is 0. The fourth-order valence-corrected chi connectivity index (χ4v) is 1.71. The van der Waals surface area contributed by atoms with Gasteiger partial charge in [-0.05, 0) is 17.5 Å². The van der Waals surface area contributed by atoms with Gasteiger partial charge in [-0.3, -0.25) is 4.79 Å². The van der Waals surface area contributed by atoms with Crippen LogP contribution in [-0.2, 0) is 11.2 Å². The molecule has 0 spiro atoms. The predicted molar refractivity (Wildman–Crippen MR) is 68.5 cm³/mol. The highest BCUT2D eigenvalue weighted by molar-refractivity contribution is 5.76. The first-order chi connectivity index (χ1) is 8.33. The summed E-state index contributed by atoms with van der Waals surface area (Å²) in [4.78, 5) is 15.3. The summed E-state index contributed by atoms with van der Waals surface area (Å²) in [6, 6.07) is 5.19. The van der Waals surface area contributed by atoms with Crippen LogP contribution in [0.15, 0.2) is 22.6 Å². The Kier molecular flexibility index (Phi) is 3.11. The number of esters is 1. The normalized spacial score (nSPS) is 11.8. The van der Waals surface area contributed by atoms with Crippen molar-refractivity contribution in [3.63, 3.8) is 0 Å². The predicted octanol–water partition coefficient (Wildman–Crippen LogP) is 3.34. The molecular formula is C14H17NO3. The topological polar surface area (TPSA) is 52.3 Å². The molecule has 0 aliphatic heterocycles. The molecule has 0 bridgehead atoms. The van der Waals surface area contributed by atoms with Gasteiger partial charge in [0.2, 0.25) is 0 Å². The smallest absolute Gasteiger partial charge is 0.308 e. The first-order valence-corrected chi connectivity index (χ1v) is 5.91. The van der Waals surface area contributed by atoms with Crippen LogP contribution in [0.4, 0.5) is 0 Å². The molecule has 1 heterocycles. The number of nitrogens with zero attached hydrogens (tertiary/aromatic N) is 1. The summed E-state index contributed by atoms with van der Waals surface area (Å²) in [6.07, 6.45) is 0.768. The van der Waals surface area contributed by atoms with Gasteiger partial charge in [-0.25, -0.2) is 4.98 Å². The molecule has 0 fully saturated rings. The minimum Gasteiger partial charge on any atom is -0.441 e. The van der Waals surface area contributed by atoms with Gasteiger partial charge in [-0.1, -0.05) is 20.8 Å². The molecule has 0 unspecified atom stereocenters. The maximum absolute atomic E-state index is 10.9. The molecule has 1 aromatic heterocycles. The van der Waals surface area contributed by atoms with E-state index in [0.29, 0.717) is 22.7 Å². The second-order valence-electron chi connectivity index (χ2n) is 5.57. The number of fused-ring (bicyclic) bond motifs is 1. The molecule has 18 heavy (non-hydrogen) atoms. The van der Waals surface area contributed by atoms with Gasteiger partial charge in [0, 0.05) is 19.4 Å². The first kappa shape index (κ1) is 12.6. The summed E-state index contributed by atoms with van der Waals surface area (Å²) >= 11 is 0. The molecule has 0 aliphatic carbocycles. The third kappa shape index (κ3) is 3.09. The molecule has 1 aromatic carbocycles. The molecule has 0 radical (unpaired) electrons. The molecule has 0 atom stereocenters. The van der Waals surface area contributed by atoms with E-state index in [1.54, 1.807) is 18.2 Å². The summed E-state index contributed by atoms with van der Waals surface area (Å²) < 4.78 is 10.7. The van der Waals surface area contributed by atoms with Gasteiger partial charge >= 0.3 is 5.97 Å². The summed E-state index contributed by atoms with van der Waals surface area (Å²) in [5, 5.41) is 0. The lowest BCUT2D eigenvalue weighted by Crippen LogP contribution is -2.09. The Morgan fingerprint density at radius 2 is 2.11 bits per heavy atom. The van der Waals surface area contributed by atoms with Crippen molar-refractivity contribution in [3.05, 3.63) is 24.1 Å². The Balaban J connectivity index is 2.31. The van der Waals surface area contributed by atoms with Crippen molar-refractivity contribution >= 4 is 17.1 Å². The monoisotopic (exact) mass is 247 g/mol. The van der Waals surface area contributed by atoms with E-state index in [2.05, 4.69) is 25.8 Å². The zero-order valence-corrected chi connectivity index (χ0v) is 11.1. The van der Waals surface area contributed by atoms with Crippen LogP contribution in [-0.4, -0.2) is 11.0 Å². The van der Waals surface area contributed by atoms with Crippen LogP contribution in [0.5, 0.6) is 5.75 Å². The van der Waals surface area contributed by atoms with Gasteiger partial charge in [0.05, 0.1) is 0 Å². The van der Waals surface area contributed by atoms with Crippen molar-refractivity contribution < 1.29 is 13.9 Å².